The average Bonchev–Trinajstić information content (AvgIpc) is 2.73. The summed E-state index contributed by atoms with van der Waals surface area (Å²) in [5, 5.41) is 12.3. The summed E-state index contributed by atoms with van der Waals surface area (Å²) in [5.74, 6) is 0.0732. The SMILES string of the molecule is N#C[C@@H](Cc1ccc2c(c1)OCc1cc(F)ccc1-2)NC(=O)C1(N)CCOCC1. The van der Waals surface area contributed by atoms with E-state index < -0.39 is 11.6 Å². The largest absolute Gasteiger partial charge is 0.488 e. The zero-order valence-electron chi connectivity index (χ0n) is 15.9. The summed E-state index contributed by atoms with van der Waals surface area (Å²) in [4.78, 5) is 12.6. The molecule has 29 heavy (non-hydrogen) atoms. The van der Waals surface area contributed by atoms with E-state index in [1.165, 1.54) is 12.1 Å². The van der Waals surface area contributed by atoms with Gasteiger partial charge in [0.2, 0.25) is 5.91 Å². The molecule has 1 atom stereocenters. The van der Waals surface area contributed by atoms with Crippen molar-refractivity contribution in [1.82, 2.24) is 5.32 Å². The van der Waals surface area contributed by atoms with Crippen molar-refractivity contribution in [3.05, 3.63) is 53.3 Å². The Kier molecular flexibility index (Phi) is 5.22. The van der Waals surface area contributed by atoms with Crippen LogP contribution in [0.2, 0.25) is 0 Å². The minimum atomic E-state index is -0.995. The van der Waals surface area contributed by atoms with Crippen molar-refractivity contribution in [1.29, 1.82) is 5.26 Å². The topological polar surface area (TPSA) is 97.4 Å². The Bertz CT molecular complexity index is 980. The van der Waals surface area contributed by atoms with Crippen LogP contribution in [0.5, 0.6) is 5.75 Å². The first-order chi connectivity index (χ1) is 14.0. The predicted octanol–water partition coefficient (Wildman–Crippen LogP) is 2.44. The molecule has 0 unspecified atom stereocenters. The molecule has 0 aliphatic carbocycles. The molecule has 0 spiro atoms. The Labute approximate surface area is 168 Å². The normalized spacial score (nSPS) is 17.8. The maximum atomic E-state index is 13.4. The van der Waals surface area contributed by atoms with Crippen LogP contribution in [-0.4, -0.2) is 30.7 Å². The third-order valence-electron chi connectivity index (χ3n) is 5.52. The monoisotopic (exact) mass is 395 g/mol. The second-order valence-electron chi connectivity index (χ2n) is 7.55. The van der Waals surface area contributed by atoms with E-state index >= 15 is 0 Å². The van der Waals surface area contributed by atoms with Crippen LogP contribution in [0, 0.1) is 17.1 Å². The molecule has 0 aromatic heterocycles. The van der Waals surface area contributed by atoms with E-state index in [1.54, 1.807) is 6.07 Å². The van der Waals surface area contributed by atoms with Gasteiger partial charge >= 0.3 is 0 Å². The fraction of sp³-hybridized carbons (Fsp3) is 0.364. The number of halogens is 1. The molecule has 0 saturated carbocycles. The van der Waals surface area contributed by atoms with Crippen LogP contribution < -0.4 is 15.8 Å². The average molecular weight is 395 g/mol. The highest BCUT2D eigenvalue weighted by Crippen LogP contribution is 2.38. The molecule has 7 heteroatoms. The Morgan fingerprint density at radius 2 is 2.00 bits per heavy atom. The van der Waals surface area contributed by atoms with Crippen molar-refractivity contribution < 1.29 is 18.7 Å². The quantitative estimate of drug-likeness (QED) is 0.829. The van der Waals surface area contributed by atoms with Crippen LogP contribution >= 0.6 is 0 Å². The third kappa shape index (κ3) is 3.95. The molecule has 3 N–H and O–H groups in total. The lowest BCUT2D eigenvalue weighted by Crippen LogP contribution is -2.58. The predicted molar refractivity (Wildman–Crippen MR) is 104 cm³/mol. The van der Waals surface area contributed by atoms with Crippen LogP contribution in [0.15, 0.2) is 36.4 Å². The Hall–Kier alpha value is -2.95. The van der Waals surface area contributed by atoms with Crippen LogP contribution in [0.3, 0.4) is 0 Å². The molecule has 4 rings (SSSR count). The van der Waals surface area contributed by atoms with Gasteiger partial charge in [-0.1, -0.05) is 18.2 Å². The van der Waals surface area contributed by atoms with E-state index in [0.717, 1.165) is 22.3 Å². The summed E-state index contributed by atoms with van der Waals surface area (Å²) >= 11 is 0. The van der Waals surface area contributed by atoms with Crippen molar-refractivity contribution in [2.75, 3.05) is 13.2 Å². The van der Waals surface area contributed by atoms with Crippen molar-refractivity contribution in [2.24, 2.45) is 5.73 Å². The number of carbonyl (C=O) groups is 1. The maximum Gasteiger partial charge on any atom is 0.241 e. The number of nitriles is 1. The van der Waals surface area contributed by atoms with E-state index in [-0.39, 0.29) is 11.7 Å². The van der Waals surface area contributed by atoms with Gasteiger partial charge in [0.1, 0.15) is 24.2 Å². The number of nitrogens with zero attached hydrogens (tertiary/aromatic N) is 1. The van der Waals surface area contributed by atoms with Gasteiger partial charge < -0.3 is 20.5 Å². The second kappa shape index (κ2) is 7.82. The fourth-order valence-corrected chi connectivity index (χ4v) is 3.76. The summed E-state index contributed by atoms with van der Waals surface area (Å²) in [6, 6.07) is 11.8. The van der Waals surface area contributed by atoms with Crippen LogP contribution in [0.4, 0.5) is 4.39 Å². The molecule has 1 fully saturated rings. The molecule has 0 radical (unpaired) electrons. The number of carbonyl (C=O) groups excluding carboxylic acids is 1. The number of rotatable bonds is 4. The molecule has 2 aliphatic heterocycles. The summed E-state index contributed by atoms with van der Waals surface area (Å²) in [6.45, 7) is 1.17. The number of benzene rings is 2. The number of hydrogen-bond donors (Lipinski definition) is 2. The van der Waals surface area contributed by atoms with Gasteiger partial charge in [-0.05, 0) is 42.2 Å². The Morgan fingerprint density at radius 3 is 2.76 bits per heavy atom. The molecule has 2 aliphatic rings. The second-order valence-corrected chi connectivity index (χ2v) is 7.55. The van der Waals surface area contributed by atoms with Gasteiger partial charge in [0.15, 0.2) is 0 Å². The zero-order valence-corrected chi connectivity index (χ0v) is 15.9. The van der Waals surface area contributed by atoms with Gasteiger partial charge in [0, 0.05) is 30.8 Å². The molecule has 150 valence electrons. The zero-order chi connectivity index (χ0) is 20.4. The van der Waals surface area contributed by atoms with Gasteiger partial charge in [-0.15, -0.1) is 0 Å². The smallest absolute Gasteiger partial charge is 0.241 e. The van der Waals surface area contributed by atoms with Gasteiger partial charge in [-0.3, -0.25) is 4.79 Å². The van der Waals surface area contributed by atoms with Crippen LogP contribution in [-0.2, 0) is 22.6 Å². The summed E-state index contributed by atoms with van der Waals surface area (Å²) in [6.07, 6.45) is 1.20. The number of fused-ring (bicyclic) bond motifs is 3. The van der Waals surface area contributed by atoms with Crippen molar-refractivity contribution in [2.45, 2.75) is 37.5 Å². The van der Waals surface area contributed by atoms with Gasteiger partial charge in [0.25, 0.3) is 0 Å². The Morgan fingerprint density at radius 1 is 1.24 bits per heavy atom. The van der Waals surface area contributed by atoms with Crippen LogP contribution in [0.25, 0.3) is 11.1 Å². The Balaban J connectivity index is 1.49. The molecule has 0 bridgehead atoms. The van der Waals surface area contributed by atoms with E-state index in [1.807, 2.05) is 18.2 Å². The lowest BCUT2D eigenvalue weighted by molar-refractivity contribution is -0.130. The summed E-state index contributed by atoms with van der Waals surface area (Å²) in [7, 11) is 0. The molecule has 1 saturated heterocycles. The molecule has 1 amide bonds. The van der Waals surface area contributed by atoms with E-state index in [4.69, 9.17) is 15.2 Å². The maximum absolute atomic E-state index is 13.4. The number of nitrogens with one attached hydrogen (secondary N) is 1. The van der Waals surface area contributed by atoms with Gasteiger partial charge in [0.05, 0.1) is 11.6 Å². The van der Waals surface area contributed by atoms with E-state index in [2.05, 4.69) is 11.4 Å². The first kappa shape index (κ1) is 19.4. The van der Waals surface area contributed by atoms with Crippen molar-refractivity contribution >= 4 is 5.91 Å². The molecule has 2 heterocycles. The first-order valence-electron chi connectivity index (χ1n) is 9.60. The fourth-order valence-electron chi connectivity index (χ4n) is 3.76. The molecular weight excluding hydrogens is 373 g/mol. The highest BCUT2D eigenvalue weighted by Gasteiger charge is 2.36. The lowest BCUT2D eigenvalue weighted by atomic mass is 9.89. The van der Waals surface area contributed by atoms with Crippen LogP contribution in [0.1, 0.15) is 24.0 Å². The highest BCUT2D eigenvalue weighted by molar-refractivity contribution is 5.86. The molecule has 2 aromatic carbocycles. The van der Waals surface area contributed by atoms with Crippen molar-refractivity contribution in [3.63, 3.8) is 0 Å². The summed E-state index contributed by atoms with van der Waals surface area (Å²) < 4.78 is 24.5. The standard InChI is InChI=1S/C22H22FN3O3/c23-16-2-4-18-15(11-16)13-29-20-10-14(1-3-19(18)20)9-17(12-24)26-21(27)22(25)5-7-28-8-6-22/h1-4,10-11,17H,5-9,13,25H2,(H,26,27)/t17-/m1/s1. The minimum absolute atomic E-state index is 0.290. The molecular formula is C22H22FN3O3. The van der Waals surface area contributed by atoms with Crippen molar-refractivity contribution in [3.8, 4) is 22.9 Å². The molecule has 6 nitrogen and oxygen atoms in total. The lowest BCUT2D eigenvalue weighted by Gasteiger charge is -2.32. The number of hydrogen-bond acceptors (Lipinski definition) is 5. The van der Waals surface area contributed by atoms with Gasteiger partial charge in [-0.2, -0.15) is 5.26 Å². The van der Waals surface area contributed by atoms with E-state index in [0.29, 0.717) is 44.8 Å². The van der Waals surface area contributed by atoms with E-state index in [9.17, 15) is 14.4 Å². The number of ether oxygens (including phenoxy) is 2. The van der Waals surface area contributed by atoms with Gasteiger partial charge in [-0.25, -0.2) is 4.39 Å². The third-order valence-corrected chi connectivity index (χ3v) is 5.52. The number of amides is 1. The summed E-state index contributed by atoms with van der Waals surface area (Å²) in [5.41, 5.74) is 8.69. The molecule has 2 aromatic rings. The first-order valence-corrected chi connectivity index (χ1v) is 9.60. The highest BCUT2D eigenvalue weighted by atomic mass is 19.1. The minimum Gasteiger partial charge on any atom is -0.488 e. The number of nitrogens with two attached hydrogens (primary N) is 1.